The molecule has 3 aromatic rings. The summed E-state index contributed by atoms with van der Waals surface area (Å²) < 4.78 is 6.02. The van der Waals surface area contributed by atoms with Crippen LogP contribution in [-0.4, -0.2) is 35.1 Å². The SMILES string of the molecule is CCCCCCN(Cc1ccccc1)C(O)COc1cccc(CCSc2ccccc2)c1. The molecule has 1 atom stereocenters. The maximum atomic E-state index is 10.9. The number of aliphatic hydroxyl groups excluding tert-OH is 1. The minimum Gasteiger partial charge on any atom is -0.489 e. The topological polar surface area (TPSA) is 32.7 Å². The Morgan fingerprint density at radius 1 is 0.848 bits per heavy atom. The molecule has 0 aliphatic carbocycles. The van der Waals surface area contributed by atoms with E-state index in [2.05, 4.69) is 72.5 Å². The first-order valence-electron chi connectivity index (χ1n) is 12.1. The van der Waals surface area contributed by atoms with E-state index in [0.29, 0.717) is 0 Å². The van der Waals surface area contributed by atoms with E-state index in [1.165, 1.54) is 35.3 Å². The van der Waals surface area contributed by atoms with E-state index in [0.717, 1.165) is 37.4 Å². The molecule has 0 aromatic heterocycles. The molecular weight excluding hydrogens is 426 g/mol. The first-order chi connectivity index (χ1) is 16.2. The molecule has 0 bridgehead atoms. The van der Waals surface area contributed by atoms with Gasteiger partial charge in [0.15, 0.2) is 0 Å². The summed E-state index contributed by atoms with van der Waals surface area (Å²) in [6.07, 6.45) is 5.08. The van der Waals surface area contributed by atoms with Crippen molar-refractivity contribution in [3.8, 4) is 5.75 Å². The van der Waals surface area contributed by atoms with Gasteiger partial charge in [0.2, 0.25) is 0 Å². The van der Waals surface area contributed by atoms with Crippen LogP contribution in [0.15, 0.2) is 89.8 Å². The maximum absolute atomic E-state index is 10.9. The Hall–Kier alpha value is -2.27. The van der Waals surface area contributed by atoms with Gasteiger partial charge < -0.3 is 9.84 Å². The molecular formula is C29H37NO2S. The van der Waals surface area contributed by atoms with Crippen molar-refractivity contribution in [2.75, 3.05) is 18.9 Å². The van der Waals surface area contributed by atoms with Crippen LogP contribution in [0.4, 0.5) is 0 Å². The maximum Gasteiger partial charge on any atom is 0.142 e. The first-order valence-corrected chi connectivity index (χ1v) is 13.1. The number of rotatable bonds is 15. The third-order valence-electron chi connectivity index (χ3n) is 5.65. The number of ether oxygens (including phenoxy) is 1. The zero-order valence-corrected chi connectivity index (χ0v) is 20.6. The Bertz CT molecular complexity index is 904. The Morgan fingerprint density at radius 3 is 2.33 bits per heavy atom. The van der Waals surface area contributed by atoms with Gasteiger partial charge in [-0.25, -0.2) is 0 Å². The Kier molecular flexibility index (Phi) is 11.4. The number of unbranched alkanes of at least 4 members (excludes halogenated alkanes) is 3. The van der Waals surface area contributed by atoms with Gasteiger partial charge in [-0.2, -0.15) is 0 Å². The Labute approximate surface area is 203 Å². The summed E-state index contributed by atoms with van der Waals surface area (Å²) in [5.41, 5.74) is 2.47. The second-order valence-corrected chi connectivity index (χ2v) is 9.54. The van der Waals surface area contributed by atoms with E-state index < -0.39 is 6.23 Å². The van der Waals surface area contributed by atoms with Crippen LogP contribution in [0.5, 0.6) is 5.75 Å². The van der Waals surface area contributed by atoms with Crippen LogP contribution in [0.1, 0.15) is 43.7 Å². The molecule has 0 aliphatic heterocycles. The second kappa shape index (κ2) is 14.8. The summed E-state index contributed by atoms with van der Waals surface area (Å²) in [5, 5.41) is 10.9. The monoisotopic (exact) mass is 463 g/mol. The van der Waals surface area contributed by atoms with Crippen LogP contribution >= 0.6 is 11.8 Å². The fraction of sp³-hybridized carbons (Fsp3) is 0.379. The fourth-order valence-corrected chi connectivity index (χ4v) is 4.69. The lowest BCUT2D eigenvalue weighted by molar-refractivity contribution is -0.0336. The van der Waals surface area contributed by atoms with E-state index in [4.69, 9.17) is 4.74 Å². The molecule has 0 heterocycles. The van der Waals surface area contributed by atoms with E-state index in [-0.39, 0.29) is 6.61 Å². The first kappa shape index (κ1) is 25.4. The lowest BCUT2D eigenvalue weighted by Crippen LogP contribution is -2.39. The average Bonchev–Trinajstić information content (AvgIpc) is 2.86. The zero-order valence-electron chi connectivity index (χ0n) is 19.7. The summed E-state index contributed by atoms with van der Waals surface area (Å²) in [4.78, 5) is 3.43. The van der Waals surface area contributed by atoms with Gasteiger partial charge in [0.1, 0.15) is 18.6 Å². The standard InChI is InChI=1S/C29H37NO2S/c1-2-3-4-11-20-30(23-26-13-7-5-8-14-26)29(31)24-32-27-16-12-15-25(22-27)19-21-33-28-17-9-6-10-18-28/h5-10,12-18,22,29,31H,2-4,11,19-21,23-24H2,1H3. The van der Waals surface area contributed by atoms with Crippen molar-refractivity contribution < 1.29 is 9.84 Å². The molecule has 0 saturated heterocycles. The third-order valence-corrected chi connectivity index (χ3v) is 6.66. The van der Waals surface area contributed by atoms with Crippen molar-refractivity contribution >= 4 is 11.8 Å². The van der Waals surface area contributed by atoms with Crippen molar-refractivity contribution in [3.63, 3.8) is 0 Å². The normalized spacial score (nSPS) is 12.1. The molecule has 0 aliphatic rings. The predicted octanol–water partition coefficient (Wildman–Crippen LogP) is 6.80. The van der Waals surface area contributed by atoms with Crippen LogP contribution in [-0.2, 0) is 13.0 Å². The number of aliphatic hydroxyl groups is 1. The van der Waals surface area contributed by atoms with Crippen LogP contribution in [0.25, 0.3) is 0 Å². The smallest absolute Gasteiger partial charge is 0.142 e. The van der Waals surface area contributed by atoms with E-state index in [1.54, 1.807) is 0 Å². The van der Waals surface area contributed by atoms with Gasteiger partial charge in [0.25, 0.3) is 0 Å². The summed E-state index contributed by atoms with van der Waals surface area (Å²) in [6, 6.07) is 29.1. The molecule has 3 nitrogen and oxygen atoms in total. The zero-order chi connectivity index (χ0) is 23.1. The van der Waals surface area contributed by atoms with Gasteiger partial charge >= 0.3 is 0 Å². The molecule has 0 fully saturated rings. The second-order valence-electron chi connectivity index (χ2n) is 8.37. The highest BCUT2D eigenvalue weighted by Gasteiger charge is 2.17. The predicted molar refractivity (Wildman–Crippen MR) is 140 cm³/mol. The van der Waals surface area contributed by atoms with Crippen molar-refractivity contribution in [1.82, 2.24) is 4.90 Å². The number of thioether (sulfide) groups is 1. The number of hydrogen-bond acceptors (Lipinski definition) is 4. The van der Waals surface area contributed by atoms with Crippen molar-refractivity contribution in [1.29, 1.82) is 0 Å². The summed E-state index contributed by atoms with van der Waals surface area (Å²) in [5.74, 6) is 1.85. The molecule has 0 radical (unpaired) electrons. The van der Waals surface area contributed by atoms with Crippen molar-refractivity contribution in [3.05, 3.63) is 96.1 Å². The van der Waals surface area contributed by atoms with Gasteiger partial charge in [-0.15, -0.1) is 11.8 Å². The highest BCUT2D eigenvalue weighted by molar-refractivity contribution is 7.99. The van der Waals surface area contributed by atoms with Gasteiger partial charge in [0, 0.05) is 23.7 Å². The molecule has 3 rings (SSSR count). The average molecular weight is 464 g/mol. The van der Waals surface area contributed by atoms with Gasteiger partial charge in [-0.1, -0.05) is 86.8 Å². The number of hydrogen-bond donors (Lipinski definition) is 1. The molecule has 176 valence electrons. The number of aryl methyl sites for hydroxylation is 1. The highest BCUT2D eigenvalue weighted by Crippen LogP contribution is 2.21. The lowest BCUT2D eigenvalue weighted by atomic mass is 10.1. The number of nitrogens with zero attached hydrogens (tertiary/aromatic N) is 1. The van der Waals surface area contributed by atoms with Crippen molar-refractivity contribution in [2.24, 2.45) is 0 Å². The fourth-order valence-electron chi connectivity index (χ4n) is 3.76. The van der Waals surface area contributed by atoms with Gasteiger partial charge in [0.05, 0.1) is 0 Å². The van der Waals surface area contributed by atoms with Crippen LogP contribution < -0.4 is 4.74 Å². The Morgan fingerprint density at radius 2 is 1.58 bits per heavy atom. The number of benzene rings is 3. The summed E-state index contributed by atoms with van der Waals surface area (Å²) in [6.45, 7) is 4.09. The minimum atomic E-state index is -0.635. The third kappa shape index (κ3) is 9.63. The van der Waals surface area contributed by atoms with Crippen LogP contribution in [0.3, 0.4) is 0 Å². The molecule has 1 N–H and O–H groups in total. The van der Waals surface area contributed by atoms with E-state index in [1.807, 2.05) is 36.0 Å². The molecule has 0 spiro atoms. The molecule has 4 heteroatoms. The van der Waals surface area contributed by atoms with E-state index >= 15 is 0 Å². The summed E-state index contributed by atoms with van der Waals surface area (Å²) in [7, 11) is 0. The molecule has 33 heavy (non-hydrogen) atoms. The van der Waals surface area contributed by atoms with E-state index in [9.17, 15) is 5.11 Å². The van der Waals surface area contributed by atoms with Gasteiger partial charge in [-0.3, -0.25) is 4.90 Å². The van der Waals surface area contributed by atoms with Crippen molar-refractivity contribution in [2.45, 2.75) is 56.7 Å². The molecule has 0 amide bonds. The quantitative estimate of drug-likeness (QED) is 0.153. The van der Waals surface area contributed by atoms with Crippen LogP contribution in [0.2, 0.25) is 0 Å². The highest BCUT2D eigenvalue weighted by atomic mass is 32.2. The largest absolute Gasteiger partial charge is 0.489 e. The lowest BCUT2D eigenvalue weighted by Gasteiger charge is -2.28. The Balaban J connectivity index is 1.50. The molecule has 0 saturated carbocycles. The summed E-state index contributed by atoms with van der Waals surface area (Å²) >= 11 is 1.87. The van der Waals surface area contributed by atoms with Gasteiger partial charge in [-0.05, 0) is 48.2 Å². The van der Waals surface area contributed by atoms with Crippen LogP contribution in [0, 0.1) is 0 Å². The molecule has 1 unspecified atom stereocenters. The molecule has 3 aromatic carbocycles. The minimum absolute atomic E-state index is 0.267.